The number of hydrogen-bond donors (Lipinski definition) is 3. The summed E-state index contributed by atoms with van der Waals surface area (Å²) >= 11 is 0. The molecule has 3 rings (SSSR count). The van der Waals surface area contributed by atoms with Crippen molar-refractivity contribution in [2.45, 2.75) is 25.3 Å². The zero-order valence-electron chi connectivity index (χ0n) is 13.2. The summed E-state index contributed by atoms with van der Waals surface area (Å²) in [6.45, 7) is 0.644. The number of nitrogens with zero attached hydrogens (tertiary/aromatic N) is 2. The summed E-state index contributed by atoms with van der Waals surface area (Å²) < 4.78 is 0. The molecular weight excluding hydrogens is 306 g/mol. The van der Waals surface area contributed by atoms with E-state index in [1.165, 1.54) is 6.20 Å². The number of amides is 2. The van der Waals surface area contributed by atoms with Gasteiger partial charge in [0.25, 0.3) is 5.91 Å². The molecule has 1 aromatic heterocycles. The maximum absolute atomic E-state index is 12.7. The number of nitrogens with two attached hydrogens (primary N) is 1. The van der Waals surface area contributed by atoms with Gasteiger partial charge in [-0.3, -0.25) is 9.59 Å². The maximum Gasteiger partial charge on any atom is 0.255 e. The van der Waals surface area contributed by atoms with Crippen molar-refractivity contribution in [1.29, 1.82) is 0 Å². The number of aromatic nitrogens is 2. The molecule has 7 heteroatoms. The van der Waals surface area contributed by atoms with Crippen LogP contribution in [0.3, 0.4) is 0 Å². The predicted octanol–water partition coefficient (Wildman–Crippen LogP) is 1.12. The Balaban J connectivity index is 1.88. The van der Waals surface area contributed by atoms with Crippen LogP contribution in [0.4, 0.5) is 5.95 Å². The van der Waals surface area contributed by atoms with Gasteiger partial charge in [0.05, 0.1) is 11.3 Å². The summed E-state index contributed by atoms with van der Waals surface area (Å²) in [4.78, 5) is 32.8. The molecule has 1 aliphatic heterocycles. The number of carbonyl (C=O) groups excluding carboxylic acids is 2. The van der Waals surface area contributed by atoms with E-state index in [0.717, 1.165) is 18.4 Å². The molecule has 1 aromatic carbocycles. The molecule has 1 saturated heterocycles. The third-order valence-electron chi connectivity index (χ3n) is 3.94. The van der Waals surface area contributed by atoms with Gasteiger partial charge < -0.3 is 16.4 Å². The van der Waals surface area contributed by atoms with Gasteiger partial charge in [0, 0.05) is 18.3 Å². The Morgan fingerprint density at radius 1 is 1.25 bits per heavy atom. The minimum atomic E-state index is -0.541. The number of anilines is 1. The average Bonchev–Trinajstić information content (AvgIpc) is 2.80. The van der Waals surface area contributed by atoms with Crippen LogP contribution in [0.5, 0.6) is 0 Å². The van der Waals surface area contributed by atoms with Crippen molar-refractivity contribution in [2.24, 2.45) is 0 Å². The number of benzene rings is 1. The van der Waals surface area contributed by atoms with E-state index in [-0.39, 0.29) is 17.8 Å². The fourth-order valence-corrected chi connectivity index (χ4v) is 2.69. The third kappa shape index (κ3) is 3.51. The van der Waals surface area contributed by atoms with E-state index in [0.29, 0.717) is 24.2 Å². The molecule has 124 valence electrons. The van der Waals surface area contributed by atoms with Crippen LogP contribution in [0, 0.1) is 0 Å². The lowest BCUT2D eigenvalue weighted by molar-refractivity contribution is -0.122. The van der Waals surface area contributed by atoms with Crippen LogP contribution in [-0.4, -0.2) is 34.4 Å². The van der Waals surface area contributed by atoms with Gasteiger partial charge in [0.15, 0.2) is 0 Å². The number of rotatable bonds is 3. The van der Waals surface area contributed by atoms with Gasteiger partial charge in [-0.25, -0.2) is 9.97 Å². The molecule has 1 aliphatic rings. The minimum Gasteiger partial charge on any atom is -0.368 e. The smallest absolute Gasteiger partial charge is 0.255 e. The molecule has 24 heavy (non-hydrogen) atoms. The largest absolute Gasteiger partial charge is 0.368 e. The number of nitrogen functional groups attached to an aromatic ring is 1. The molecule has 1 atom stereocenters. The summed E-state index contributed by atoms with van der Waals surface area (Å²) in [5.74, 6) is -0.438. The quantitative estimate of drug-likeness (QED) is 0.783. The third-order valence-corrected chi connectivity index (χ3v) is 3.94. The second-order valence-electron chi connectivity index (χ2n) is 5.67. The molecule has 1 unspecified atom stereocenters. The Labute approximate surface area is 139 Å². The van der Waals surface area contributed by atoms with Gasteiger partial charge in [0.2, 0.25) is 11.9 Å². The highest BCUT2D eigenvalue weighted by Gasteiger charge is 2.24. The Morgan fingerprint density at radius 2 is 2.04 bits per heavy atom. The summed E-state index contributed by atoms with van der Waals surface area (Å²) in [5.41, 5.74) is 7.19. The molecule has 1 fully saturated rings. The van der Waals surface area contributed by atoms with Crippen molar-refractivity contribution in [1.82, 2.24) is 20.6 Å². The van der Waals surface area contributed by atoms with Crippen LogP contribution in [0.2, 0.25) is 0 Å². The molecule has 0 aliphatic carbocycles. The summed E-state index contributed by atoms with van der Waals surface area (Å²) in [7, 11) is 0. The van der Waals surface area contributed by atoms with Gasteiger partial charge in [-0.1, -0.05) is 30.3 Å². The van der Waals surface area contributed by atoms with Crippen molar-refractivity contribution in [2.75, 3.05) is 12.3 Å². The minimum absolute atomic E-state index is 0.0950. The van der Waals surface area contributed by atoms with Gasteiger partial charge in [-0.2, -0.15) is 0 Å². The van der Waals surface area contributed by atoms with Gasteiger partial charge in [-0.05, 0) is 19.3 Å². The second kappa shape index (κ2) is 7.08. The average molecular weight is 325 g/mol. The van der Waals surface area contributed by atoms with Gasteiger partial charge in [0.1, 0.15) is 6.04 Å². The zero-order chi connectivity index (χ0) is 16.9. The van der Waals surface area contributed by atoms with Crippen LogP contribution in [-0.2, 0) is 4.79 Å². The number of hydrogen-bond acceptors (Lipinski definition) is 5. The predicted molar refractivity (Wildman–Crippen MR) is 90.0 cm³/mol. The van der Waals surface area contributed by atoms with E-state index < -0.39 is 6.04 Å². The van der Waals surface area contributed by atoms with E-state index in [9.17, 15) is 9.59 Å². The zero-order valence-corrected chi connectivity index (χ0v) is 13.2. The van der Waals surface area contributed by atoms with Crippen molar-refractivity contribution in [3.63, 3.8) is 0 Å². The van der Waals surface area contributed by atoms with Gasteiger partial charge in [-0.15, -0.1) is 0 Å². The van der Waals surface area contributed by atoms with E-state index in [1.807, 2.05) is 30.3 Å². The van der Waals surface area contributed by atoms with Crippen LogP contribution in [0.1, 0.15) is 29.6 Å². The highest BCUT2D eigenvalue weighted by atomic mass is 16.2. The van der Waals surface area contributed by atoms with Crippen molar-refractivity contribution in [3.05, 3.63) is 42.1 Å². The van der Waals surface area contributed by atoms with E-state index >= 15 is 0 Å². The van der Waals surface area contributed by atoms with Gasteiger partial charge >= 0.3 is 0 Å². The SMILES string of the molecule is Nc1ncc(C(=O)NC2CCCCNC2=O)c(-c2ccccc2)n1. The maximum atomic E-state index is 12.7. The first-order chi connectivity index (χ1) is 11.6. The first-order valence-corrected chi connectivity index (χ1v) is 7.91. The second-order valence-corrected chi connectivity index (χ2v) is 5.67. The lowest BCUT2D eigenvalue weighted by Crippen LogP contribution is -2.45. The highest BCUT2D eigenvalue weighted by Crippen LogP contribution is 2.21. The molecule has 0 radical (unpaired) electrons. The first-order valence-electron chi connectivity index (χ1n) is 7.91. The molecule has 0 spiro atoms. The topological polar surface area (TPSA) is 110 Å². The van der Waals surface area contributed by atoms with E-state index in [2.05, 4.69) is 20.6 Å². The fourth-order valence-electron chi connectivity index (χ4n) is 2.69. The Morgan fingerprint density at radius 3 is 2.83 bits per heavy atom. The van der Waals surface area contributed by atoms with Crippen molar-refractivity contribution < 1.29 is 9.59 Å². The summed E-state index contributed by atoms with van der Waals surface area (Å²) in [6, 6.07) is 8.74. The normalized spacial score (nSPS) is 17.7. The molecule has 4 N–H and O–H groups in total. The monoisotopic (exact) mass is 325 g/mol. The lowest BCUT2D eigenvalue weighted by Gasteiger charge is -2.16. The molecule has 2 amide bonds. The van der Waals surface area contributed by atoms with Crippen LogP contribution >= 0.6 is 0 Å². The Kier molecular flexibility index (Phi) is 4.69. The molecule has 2 aromatic rings. The highest BCUT2D eigenvalue weighted by molar-refractivity contribution is 6.02. The molecule has 7 nitrogen and oxygen atoms in total. The molecule has 0 saturated carbocycles. The molecular formula is C17H19N5O2. The lowest BCUT2D eigenvalue weighted by atomic mass is 10.1. The first kappa shape index (κ1) is 15.9. The van der Waals surface area contributed by atoms with Crippen molar-refractivity contribution >= 4 is 17.8 Å². The van der Waals surface area contributed by atoms with Crippen LogP contribution in [0.15, 0.2) is 36.5 Å². The van der Waals surface area contributed by atoms with Crippen LogP contribution in [0.25, 0.3) is 11.3 Å². The number of carbonyl (C=O) groups is 2. The van der Waals surface area contributed by atoms with Crippen molar-refractivity contribution in [3.8, 4) is 11.3 Å². The standard InChI is InChI=1S/C17H19N5O2/c18-17-20-10-12(14(22-17)11-6-2-1-3-7-11)15(23)21-13-8-4-5-9-19-16(13)24/h1-3,6-7,10,13H,4-5,8-9H2,(H,19,24)(H,21,23)(H2,18,20,22). The Bertz CT molecular complexity index is 748. The Hall–Kier alpha value is -2.96. The van der Waals surface area contributed by atoms with E-state index in [1.54, 1.807) is 0 Å². The summed E-state index contributed by atoms with van der Waals surface area (Å²) in [5, 5.41) is 5.58. The van der Waals surface area contributed by atoms with Crippen LogP contribution < -0.4 is 16.4 Å². The molecule has 0 bridgehead atoms. The van der Waals surface area contributed by atoms with E-state index in [4.69, 9.17) is 5.73 Å². The molecule has 2 heterocycles. The fraction of sp³-hybridized carbons (Fsp3) is 0.294. The number of nitrogens with one attached hydrogen (secondary N) is 2. The summed E-state index contributed by atoms with van der Waals surface area (Å²) in [6.07, 6.45) is 3.81.